The van der Waals surface area contributed by atoms with Crippen LogP contribution in [0.15, 0.2) is 24.3 Å². The summed E-state index contributed by atoms with van der Waals surface area (Å²) in [5.41, 5.74) is 1.26. The Bertz CT molecular complexity index is 457. The Hall–Kier alpha value is -1.68. The molecule has 2 rings (SSSR count). The highest BCUT2D eigenvalue weighted by atomic mass is 16.2. The first-order chi connectivity index (χ1) is 8.75. The van der Waals surface area contributed by atoms with Gasteiger partial charge in [0.05, 0.1) is 11.3 Å². The van der Waals surface area contributed by atoms with Crippen molar-refractivity contribution in [2.45, 2.75) is 19.8 Å². The lowest BCUT2D eigenvalue weighted by Gasteiger charge is -2.16. The lowest BCUT2D eigenvalue weighted by atomic mass is 10.1. The summed E-state index contributed by atoms with van der Waals surface area (Å²) in [5, 5.41) is 3.27. The normalized spacial score (nSPS) is 14.2. The summed E-state index contributed by atoms with van der Waals surface area (Å²) in [5.74, 6) is -0.798. The van der Waals surface area contributed by atoms with Gasteiger partial charge in [-0.2, -0.15) is 0 Å². The molecule has 0 saturated carbocycles. The number of rotatable bonds is 6. The molecule has 0 radical (unpaired) electrons. The highest BCUT2D eigenvalue weighted by Crippen LogP contribution is 2.27. The molecule has 1 aliphatic rings. The molecule has 1 aliphatic heterocycles. The zero-order valence-electron chi connectivity index (χ0n) is 10.6. The van der Waals surface area contributed by atoms with Crippen molar-refractivity contribution in [1.29, 1.82) is 0 Å². The Morgan fingerprint density at radius 2 is 1.94 bits per heavy atom. The van der Waals surface area contributed by atoms with Gasteiger partial charge >= 0.3 is 0 Å². The van der Waals surface area contributed by atoms with Crippen molar-refractivity contribution >= 4 is 17.4 Å². The summed E-state index contributed by atoms with van der Waals surface area (Å²) in [7, 11) is 0. The van der Waals surface area contributed by atoms with Crippen molar-refractivity contribution in [1.82, 2.24) is 5.32 Å². The Morgan fingerprint density at radius 3 is 2.72 bits per heavy atom. The van der Waals surface area contributed by atoms with Crippen LogP contribution in [0, 0.1) is 0 Å². The van der Waals surface area contributed by atoms with Crippen LogP contribution in [-0.2, 0) is 4.79 Å². The van der Waals surface area contributed by atoms with E-state index in [2.05, 4.69) is 12.2 Å². The van der Waals surface area contributed by atoms with Gasteiger partial charge in [0, 0.05) is 13.1 Å². The third-order valence-corrected chi connectivity index (χ3v) is 3.10. The van der Waals surface area contributed by atoms with Crippen LogP contribution in [0.5, 0.6) is 0 Å². The van der Waals surface area contributed by atoms with E-state index < -0.39 is 5.91 Å². The molecule has 0 aromatic heterocycles. The van der Waals surface area contributed by atoms with Gasteiger partial charge in [-0.1, -0.05) is 25.5 Å². The molecule has 0 saturated heterocycles. The van der Waals surface area contributed by atoms with E-state index in [9.17, 15) is 9.59 Å². The average Bonchev–Trinajstić information content (AvgIpc) is 2.64. The maximum atomic E-state index is 11.8. The summed E-state index contributed by atoms with van der Waals surface area (Å²) in [6, 6.07) is 7.17. The number of benzene rings is 1. The number of nitrogens with one attached hydrogen (secondary N) is 1. The van der Waals surface area contributed by atoms with Gasteiger partial charge in [-0.05, 0) is 25.1 Å². The van der Waals surface area contributed by atoms with E-state index in [1.54, 1.807) is 17.0 Å². The molecule has 1 aromatic carbocycles. The van der Waals surface area contributed by atoms with Crippen LogP contribution in [0.4, 0.5) is 5.69 Å². The van der Waals surface area contributed by atoms with E-state index in [1.807, 2.05) is 12.1 Å². The molecule has 4 nitrogen and oxygen atoms in total. The SMILES string of the molecule is CCCCNCCN1C(=O)C(=O)c2ccccc21. The molecule has 0 bridgehead atoms. The zero-order chi connectivity index (χ0) is 13.0. The fourth-order valence-electron chi connectivity index (χ4n) is 2.09. The number of Topliss-reactive ketones (excluding diaryl/α,β-unsaturated/α-hetero) is 1. The second-order valence-corrected chi connectivity index (χ2v) is 4.41. The monoisotopic (exact) mass is 246 g/mol. The molecule has 0 aliphatic carbocycles. The van der Waals surface area contributed by atoms with Gasteiger partial charge in [0.1, 0.15) is 0 Å². The molecule has 0 unspecified atom stereocenters. The van der Waals surface area contributed by atoms with Crippen LogP contribution in [-0.4, -0.2) is 31.3 Å². The van der Waals surface area contributed by atoms with Gasteiger partial charge in [0.25, 0.3) is 11.7 Å². The summed E-state index contributed by atoms with van der Waals surface area (Å²) in [6.07, 6.45) is 2.28. The first kappa shape index (κ1) is 12.8. The van der Waals surface area contributed by atoms with Gasteiger partial charge in [0.15, 0.2) is 0 Å². The zero-order valence-corrected chi connectivity index (χ0v) is 10.6. The number of hydrogen-bond acceptors (Lipinski definition) is 3. The fraction of sp³-hybridized carbons (Fsp3) is 0.429. The van der Waals surface area contributed by atoms with Crippen LogP contribution in [0.2, 0.25) is 0 Å². The number of ketones is 1. The predicted molar refractivity (Wildman–Crippen MR) is 70.9 cm³/mol. The molecule has 1 aromatic rings. The quantitative estimate of drug-likeness (QED) is 0.613. The number of fused-ring (bicyclic) bond motifs is 1. The van der Waals surface area contributed by atoms with E-state index >= 15 is 0 Å². The third kappa shape index (κ3) is 2.43. The van der Waals surface area contributed by atoms with Gasteiger partial charge in [-0.3, -0.25) is 9.59 Å². The summed E-state index contributed by atoms with van der Waals surface area (Å²) >= 11 is 0. The summed E-state index contributed by atoms with van der Waals surface area (Å²) in [4.78, 5) is 25.1. The molecule has 96 valence electrons. The highest BCUT2D eigenvalue weighted by Gasteiger charge is 2.34. The summed E-state index contributed by atoms with van der Waals surface area (Å²) < 4.78 is 0. The highest BCUT2D eigenvalue weighted by molar-refractivity contribution is 6.52. The van der Waals surface area contributed by atoms with Crippen molar-refractivity contribution in [2.24, 2.45) is 0 Å². The number of carbonyl (C=O) groups excluding carboxylic acids is 2. The van der Waals surface area contributed by atoms with E-state index in [0.29, 0.717) is 18.7 Å². The van der Waals surface area contributed by atoms with Crippen LogP contribution < -0.4 is 10.2 Å². The molecule has 0 fully saturated rings. The van der Waals surface area contributed by atoms with E-state index in [-0.39, 0.29) is 5.78 Å². The topological polar surface area (TPSA) is 49.4 Å². The predicted octanol–water partition coefficient (Wildman–Crippen LogP) is 1.61. The molecule has 4 heteroatoms. The van der Waals surface area contributed by atoms with Gasteiger partial charge in [-0.25, -0.2) is 0 Å². The van der Waals surface area contributed by atoms with Gasteiger partial charge in [0.2, 0.25) is 0 Å². The van der Waals surface area contributed by atoms with Gasteiger partial charge < -0.3 is 10.2 Å². The van der Waals surface area contributed by atoms with E-state index in [4.69, 9.17) is 0 Å². The Morgan fingerprint density at radius 1 is 1.17 bits per heavy atom. The second kappa shape index (κ2) is 5.78. The maximum absolute atomic E-state index is 11.8. The van der Waals surface area contributed by atoms with Crippen molar-refractivity contribution in [2.75, 3.05) is 24.5 Å². The number of unbranched alkanes of at least 4 members (excludes halogenated alkanes) is 1. The molecule has 0 spiro atoms. The van der Waals surface area contributed by atoms with Crippen LogP contribution in [0.1, 0.15) is 30.1 Å². The van der Waals surface area contributed by atoms with Crippen molar-refractivity contribution < 1.29 is 9.59 Å². The minimum atomic E-state index is -0.409. The Labute approximate surface area is 107 Å². The largest absolute Gasteiger partial charge is 0.315 e. The van der Waals surface area contributed by atoms with Gasteiger partial charge in [-0.15, -0.1) is 0 Å². The first-order valence-electron chi connectivity index (χ1n) is 6.41. The first-order valence-corrected chi connectivity index (χ1v) is 6.41. The van der Waals surface area contributed by atoms with Crippen molar-refractivity contribution in [3.05, 3.63) is 29.8 Å². The van der Waals surface area contributed by atoms with Crippen LogP contribution >= 0.6 is 0 Å². The minimum absolute atomic E-state index is 0.390. The van der Waals surface area contributed by atoms with Crippen LogP contribution in [0.3, 0.4) is 0 Å². The molecule has 0 atom stereocenters. The number of para-hydroxylation sites is 1. The summed E-state index contributed by atoms with van der Waals surface area (Å²) in [6.45, 7) is 4.35. The van der Waals surface area contributed by atoms with Crippen molar-refractivity contribution in [3.63, 3.8) is 0 Å². The standard InChI is InChI=1S/C14H18N2O2/c1-2-3-8-15-9-10-16-12-7-5-4-6-11(12)13(17)14(16)18/h4-7,15H,2-3,8-10H2,1H3. The number of nitrogens with zero attached hydrogens (tertiary/aromatic N) is 1. The molecule has 1 amide bonds. The number of hydrogen-bond donors (Lipinski definition) is 1. The molecular formula is C14H18N2O2. The minimum Gasteiger partial charge on any atom is -0.315 e. The molecule has 18 heavy (non-hydrogen) atoms. The Kier molecular flexibility index (Phi) is 4.10. The lowest BCUT2D eigenvalue weighted by molar-refractivity contribution is -0.114. The Balaban J connectivity index is 1.97. The number of anilines is 1. The fourth-order valence-corrected chi connectivity index (χ4v) is 2.09. The van der Waals surface area contributed by atoms with E-state index in [0.717, 1.165) is 25.1 Å². The molecule has 1 N–H and O–H groups in total. The van der Waals surface area contributed by atoms with Crippen molar-refractivity contribution in [3.8, 4) is 0 Å². The number of carbonyl (C=O) groups is 2. The van der Waals surface area contributed by atoms with Crippen LogP contribution in [0.25, 0.3) is 0 Å². The smallest absolute Gasteiger partial charge is 0.299 e. The lowest BCUT2D eigenvalue weighted by Crippen LogP contribution is -2.36. The second-order valence-electron chi connectivity index (χ2n) is 4.41. The third-order valence-electron chi connectivity index (χ3n) is 3.10. The average molecular weight is 246 g/mol. The molecule has 1 heterocycles. The number of amides is 1. The van der Waals surface area contributed by atoms with E-state index in [1.165, 1.54) is 0 Å². The molecular weight excluding hydrogens is 228 g/mol. The maximum Gasteiger partial charge on any atom is 0.299 e.